The topological polar surface area (TPSA) is 351 Å². The Bertz CT molecular complexity index is 2890. The molecule has 0 radical (unpaired) electrons. The third-order valence-corrected chi connectivity index (χ3v) is 12.2. The first kappa shape index (κ1) is 58.0. The van der Waals surface area contributed by atoms with E-state index in [1.54, 1.807) is 74.8 Å². The molecule has 0 aliphatic carbocycles. The van der Waals surface area contributed by atoms with E-state index in [4.69, 9.17) is 25.7 Å². The standard InChI is InChI=1S/C53H63N13O12/c1-32(2)45(64-42(67)9-5-4-6-23-66-43(68)18-19-44(66)69)49(71)61-37(8-7-21-57-52(55)74)48(70)59-36-16-12-34(13-17-36)31-78-53(75)63-38(51(73)76-3)28-33-10-14-35(15-11-33)39-30-58-47(54)46(60-39)50(72)62-40-29-56-22-20-41(40)65-24-26-77-27-25-65/h10-20,22,29-30,37-38H,4-9,21,23-28,31H2,1-3H3,(H2,54,58)(H,59,70)(H,61,71)(H,62,72)(H,63,75)(H,64,67)(H3,55,57,74)/t37-,38-/m0/s1. The van der Waals surface area contributed by atoms with E-state index in [0.29, 0.717) is 84.9 Å². The van der Waals surface area contributed by atoms with Crippen molar-refractivity contribution in [2.75, 3.05) is 67.8 Å². The molecule has 25 nitrogen and oxygen atoms in total. The van der Waals surface area contributed by atoms with Gasteiger partial charge in [0.15, 0.2) is 11.5 Å². The quantitative estimate of drug-likeness (QED) is 0.0205. The average molecular weight is 1070 g/mol. The van der Waals surface area contributed by atoms with Crippen molar-refractivity contribution in [1.29, 1.82) is 0 Å². The Hall–Kier alpha value is -9.26. The molecule has 1 fully saturated rings. The third kappa shape index (κ3) is 17.1. The number of morpholine rings is 1. The molecule has 2 aromatic carbocycles. The summed E-state index contributed by atoms with van der Waals surface area (Å²) >= 11 is 0. The van der Waals surface area contributed by atoms with Crippen LogP contribution in [-0.2, 0) is 56.0 Å². The number of urea groups is 1. The molecule has 6 rings (SSSR count). The van der Waals surface area contributed by atoms with Gasteiger partial charge in [0.05, 0.1) is 49.8 Å². The third-order valence-electron chi connectivity index (χ3n) is 12.2. The number of alkyl carbamates (subject to hydrolysis) is 1. The number of anilines is 4. The molecule has 0 bridgehead atoms. The maximum Gasteiger partial charge on any atom is 0.408 e. The van der Waals surface area contributed by atoms with Crippen LogP contribution in [0.5, 0.6) is 0 Å². The second-order valence-corrected chi connectivity index (χ2v) is 18.2. The molecule has 78 heavy (non-hydrogen) atoms. The molecule has 4 heterocycles. The van der Waals surface area contributed by atoms with Crippen LogP contribution in [0.15, 0.2) is 96.6 Å². The summed E-state index contributed by atoms with van der Waals surface area (Å²) in [6.07, 6.45) is 8.02. The number of carbonyl (C=O) groups is 9. The van der Waals surface area contributed by atoms with E-state index in [1.807, 2.05) is 6.07 Å². The summed E-state index contributed by atoms with van der Waals surface area (Å²) < 4.78 is 15.8. The zero-order valence-corrected chi connectivity index (χ0v) is 43.4. The highest BCUT2D eigenvalue weighted by atomic mass is 16.6. The summed E-state index contributed by atoms with van der Waals surface area (Å²) in [6, 6.07) is 12.0. The minimum Gasteiger partial charge on any atom is -0.467 e. The van der Waals surface area contributed by atoms with E-state index < -0.39 is 53.8 Å². The van der Waals surface area contributed by atoms with Gasteiger partial charge >= 0.3 is 18.1 Å². The lowest BCUT2D eigenvalue weighted by Crippen LogP contribution is -2.47. The van der Waals surface area contributed by atoms with E-state index in [1.165, 1.54) is 25.5 Å². The zero-order valence-electron chi connectivity index (χ0n) is 43.4. The molecule has 10 N–H and O–H groups in total. The fraction of sp³-hybridized carbons (Fsp3) is 0.358. The monoisotopic (exact) mass is 1070 g/mol. The van der Waals surface area contributed by atoms with E-state index in [2.05, 4.69) is 51.8 Å². The van der Waals surface area contributed by atoms with Gasteiger partial charge in [-0.25, -0.2) is 24.4 Å². The zero-order chi connectivity index (χ0) is 56.1. The van der Waals surface area contributed by atoms with Crippen LogP contribution in [0.3, 0.4) is 0 Å². The number of nitrogen functional groups attached to an aromatic ring is 1. The fourth-order valence-corrected chi connectivity index (χ4v) is 8.09. The number of nitrogens with zero attached hydrogens (tertiary/aromatic N) is 5. The average Bonchev–Trinajstić information content (AvgIpc) is 3.77. The number of rotatable bonds is 25. The van der Waals surface area contributed by atoms with E-state index >= 15 is 0 Å². The highest BCUT2D eigenvalue weighted by Crippen LogP contribution is 2.27. The lowest BCUT2D eigenvalue weighted by molar-refractivity contribution is -0.143. The van der Waals surface area contributed by atoms with Crippen molar-refractivity contribution >= 4 is 76.4 Å². The number of imide groups is 1. The number of methoxy groups -OCH3 is 1. The Morgan fingerprint density at radius 3 is 2.21 bits per heavy atom. The fourth-order valence-electron chi connectivity index (χ4n) is 8.09. The molecule has 4 aromatic rings. The van der Waals surface area contributed by atoms with Crippen LogP contribution in [0, 0.1) is 0 Å². The van der Waals surface area contributed by atoms with Gasteiger partial charge in [-0.3, -0.25) is 38.7 Å². The summed E-state index contributed by atoms with van der Waals surface area (Å²) in [6.45, 7) is 5.78. The number of unbranched alkanes of at least 4 members (excludes halogenated alkanes) is 2. The van der Waals surface area contributed by atoms with Crippen molar-refractivity contribution in [1.82, 2.24) is 41.1 Å². The SMILES string of the molecule is COC(=O)[C@H](Cc1ccc(-c2cnc(N)c(C(=O)Nc3cnccc3N3CCOCC3)n2)cc1)NC(=O)OCc1ccc(NC(=O)[C@H](CCCNC(N)=O)NC(=O)C(NC(=O)CCCCCN2C(=O)C=CC2=O)=C(C)C)cc1. The number of primary amides is 1. The number of nitrogens with two attached hydrogens (primary N) is 2. The number of amides is 9. The molecule has 2 atom stereocenters. The summed E-state index contributed by atoms with van der Waals surface area (Å²) in [5, 5.41) is 15.9. The minimum absolute atomic E-state index is 0.0240. The van der Waals surface area contributed by atoms with Crippen LogP contribution >= 0.6 is 0 Å². The normalized spacial score (nSPS) is 13.6. The molecule has 1 saturated heterocycles. The molecule has 2 aliphatic rings. The summed E-state index contributed by atoms with van der Waals surface area (Å²) in [7, 11) is 1.19. The predicted molar refractivity (Wildman–Crippen MR) is 285 cm³/mol. The number of hydrogen-bond acceptors (Lipinski definition) is 17. The Morgan fingerprint density at radius 1 is 0.821 bits per heavy atom. The van der Waals surface area contributed by atoms with Gasteiger partial charge in [0.1, 0.15) is 24.4 Å². The number of carbonyl (C=O) groups excluding carboxylic acids is 9. The second-order valence-electron chi connectivity index (χ2n) is 18.2. The Kier molecular flexibility index (Phi) is 21.3. The van der Waals surface area contributed by atoms with Crippen molar-refractivity contribution in [3.05, 3.63) is 113 Å². The smallest absolute Gasteiger partial charge is 0.408 e. The van der Waals surface area contributed by atoms with Crippen molar-refractivity contribution in [3.63, 3.8) is 0 Å². The molecule has 0 spiro atoms. The van der Waals surface area contributed by atoms with Crippen LogP contribution in [0.25, 0.3) is 11.3 Å². The van der Waals surface area contributed by atoms with Crippen LogP contribution in [0.4, 0.5) is 32.5 Å². The van der Waals surface area contributed by atoms with Crippen molar-refractivity contribution in [2.45, 2.75) is 77.5 Å². The van der Waals surface area contributed by atoms with E-state index in [-0.39, 0.29) is 74.4 Å². The molecule has 412 valence electrons. The number of ether oxygens (including phenoxy) is 3. The molecule has 9 amide bonds. The first-order valence-corrected chi connectivity index (χ1v) is 25.1. The number of pyridine rings is 1. The van der Waals surface area contributed by atoms with Crippen LogP contribution in [-0.4, -0.2) is 132 Å². The number of benzene rings is 2. The summed E-state index contributed by atoms with van der Waals surface area (Å²) in [4.78, 5) is 130. The first-order valence-electron chi connectivity index (χ1n) is 25.1. The van der Waals surface area contributed by atoms with Crippen molar-refractivity contribution in [2.24, 2.45) is 5.73 Å². The molecular formula is C53H63N13O12. The van der Waals surface area contributed by atoms with Gasteiger partial charge in [-0.15, -0.1) is 0 Å². The molecule has 0 unspecified atom stereocenters. The second kappa shape index (κ2) is 28.6. The van der Waals surface area contributed by atoms with Crippen molar-refractivity contribution < 1.29 is 57.4 Å². The lowest BCUT2D eigenvalue weighted by Gasteiger charge is -2.30. The first-order chi connectivity index (χ1) is 37.5. The number of allylic oxidation sites excluding steroid dienone is 1. The summed E-state index contributed by atoms with van der Waals surface area (Å²) in [5.74, 6) is -3.88. The van der Waals surface area contributed by atoms with Gasteiger partial charge in [0, 0.05) is 68.6 Å². The van der Waals surface area contributed by atoms with Gasteiger partial charge < -0.3 is 62.5 Å². The van der Waals surface area contributed by atoms with Gasteiger partial charge in [0.2, 0.25) is 11.8 Å². The van der Waals surface area contributed by atoms with E-state index in [0.717, 1.165) is 10.6 Å². The summed E-state index contributed by atoms with van der Waals surface area (Å²) in [5.41, 5.74) is 15.3. The Labute approximate surface area is 449 Å². The van der Waals surface area contributed by atoms with Crippen LogP contribution in [0.1, 0.15) is 74.0 Å². The maximum absolute atomic E-state index is 13.6. The van der Waals surface area contributed by atoms with Gasteiger partial charge in [-0.2, -0.15) is 0 Å². The molecule has 0 saturated carbocycles. The lowest BCUT2D eigenvalue weighted by atomic mass is 10.0. The Balaban J connectivity index is 0.991. The van der Waals surface area contributed by atoms with Gasteiger partial charge in [0.25, 0.3) is 23.6 Å². The predicted octanol–water partition coefficient (Wildman–Crippen LogP) is 2.99. The van der Waals surface area contributed by atoms with Crippen molar-refractivity contribution in [3.8, 4) is 11.3 Å². The van der Waals surface area contributed by atoms with Crippen LogP contribution < -0.4 is 48.3 Å². The molecular weight excluding hydrogens is 1010 g/mol. The largest absolute Gasteiger partial charge is 0.467 e. The number of hydrogen-bond donors (Lipinski definition) is 8. The molecule has 2 aliphatic heterocycles. The number of aromatic nitrogens is 3. The highest BCUT2D eigenvalue weighted by Gasteiger charge is 2.27. The van der Waals surface area contributed by atoms with Gasteiger partial charge in [-0.05, 0) is 74.4 Å². The molecule has 25 heteroatoms. The maximum atomic E-state index is 13.6. The van der Waals surface area contributed by atoms with Crippen LogP contribution in [0.2, 0.25) is 0 Å². The minimum atomic E-state index is -1.14. The number of esters is 1. The Morgan fingerprint density at radius 2 is 1.53 bits per heavy atom. The molecule has 2 aromatic heterocycles. The number of nitrogens with one attached hydrogen (secondary N) is 6. The van der Waals surface area contributed by atoms with Gasteiger partial charge in [-0.1, -0.05) is 42.8 Å². The highest BCUT2D eigenvalue weighted by molar-refractivity contribution is 6.13. The van der Waals surface area contributed by atoms with E-state index in [9.17, 15) is 43.2 Å².